The Morgan fingerprint density at radius 3 is 2.52 bits per heavy atom. The van der Waals surface area contributed by atoms with E-state index >= 15 is 0 Å². The standard InChI is InChI=1S/C16H12F2N2O/c17-13-4-1-12(15(18)9-13)10-20-8-7-19-16(20)11-2-5-14(21)6-3-11/h1-9,21H,10H2. The van der Waals surface area contributed by atoms with E-state index in [1.165, 1.54) is 12.1 Å². The molecule has 0 saturated heterocycles. The predicted octanol–water partition coefficient (Wildman–Crippen LogP) is 3.58. The van der Waals surface area contributed by atoms with Crippen molar-refractivity contribution in [2.45, 2.75) is 6.54 Å². The third-order valence-electron chi connectivity index (χ3n) is 3.20. The summed E-state index contributed by atoms with van der Waals surface area (Å²) < 4.78 is 28.4. The van der Waals surface area contributed by atoms with Crippen LogP contribution in [0.5, 0.6) is 5.75 Å². The van der Waals surface area contributed by atoms with E-state index in [0.717, 1.165) is 11.6 Å². The van der Waals surface area contributed by atoms with Crippen LogP contribution in [0.15, 0.2) is 54.9 Å². The van der Waals surface area contributed by atoms with Gasteiger partial charge in [-0.25, -0.2) is 13.8 Å². The van der Waals surface area contributed by atoms with Crippen LogP contribution in [-0.2, 0) is 6.54 Å². The largest absolute Gasteiger partial charge is 0.508 e. The van der Waals surface area contributed by atoms with Gasteiger partial charge in [0.15, 0.2) is 0 Å². The number of imidazole rings is 1. The Labute approximate surface area is 120 Å². The second kappa shape index (κ2) is 5.36. The fraction of sp³-hybridized carbons (Fsp3) is 0.0625. The highest BCUT2D eigenvalue weighted by Gasteiger charge is 2.09. The molecule has 3 rings (SSSR count). The normalized spacial score (nSPS) is 10.8. The van der Waals surface area contributed by atoms with Crippen molar-refractivity contribution < 1.29 is 13.9 Å². The fourth-order valence-electron chi connectivity index (χ4n) is 2.14. The molecule has 1 aromatic heterocycles. The van der Waals surface area contributed by atoms with Gasteiger partial charge in [-0.05, 0) is 30.3 Å². The molecule has 0 atom stereocenters. The summed E-state index contributed by atoms with van der Waals surface area (Å²) in [5.41, 5.74) is 1.19. The monoisotopic (exact) mass is 286 g/mol. The lowest BCUT2D eigenvalue weighted by molar-refractivity contribution is 0.475. The van der Waals surface area contributed by atoms with Gasteiger partial charge in [-0.3, -0.25) is 0 Å². The summed E-state index contributed by atoms with van der Waals surface area (Å²) >= 11 is 0. The number of hydrogen-bond acceptors (Lipinski definition) is 2. The molecular formula is C16H12F2N2O. The number of nitrogens with zero attached hydrogens (tertiary/aromatic N) is 2. The van der Waals surface area contributed by atoms with Crippen LogP contribution in [-0.4, -0.2) is 14.7 Å². The Hall–Kier alpha value is -2.69. The molecule has 3 nitrogen and oxygen atoms in total. The molecule has 0 radical (unpaired) electrons. The Morgan fingerprint density at radius 2 is 1.81 bits per heavy atom. The maximum atomic E-state index is 13.7. The van der Waals surface area contributed by atoms with Crippen molar-refractivity contribution in [1.29, 1.82) is 0 Å². The number of rotatable bonds is 3. The van der Waals surface area contributed by atoms with E-state index in [9.17, 15) is 13.9 Å². The zero-order valence-corrected chi connectivity index (χ0v) is 11.0. The minimum absolute atomic E-state index is 0.168. The van der Waals surface area contributed by atoms with Crippen LogP contribution >= 0.6 is 0 Å². The minimum Gasteiger partial charge on any atom is -0.508 e. The molecule has 5 heteroatoms. The van der Waals surface area contributed by atoms with Gasteiger partial charge in [0, 0.05) is 29.6 Å². The van der Waals surface area contributed by atoms with Gasteiger partial charge in [-0.1, -0.05) is 6.07 Å². The van der Waals surface area contributed by atoms with Crippen molar-refractivity contribution >= 4 is 0 Å². The molecule has 0 aliphatic carbocycles. The Kier molecular flexibility index (Phi) is 3.39. The van der Waals surface area contributed by atoms with Crippen LogP contribution in [0.4, 0.5) is 8.78 Å². The van der Waals surface area contributed by atoms with E-state index in [1.807, 2.05) is 0 Å². The van der Waals surface area contributed by atoms with E-state index in [4.69, 9.17) is 0 Å². The molecule has 1 heterocycles. The van der Waals surface area contributed by atoms with Gasteiger partial charge in [-0.15, -0.1) is 0 Å². The summed E-state index contributed by atoms with van der Waals surface area (Å²) in [6.07, 6.45) is 3.34. The number of phenols is 1. The summed E-state index contributed by atoms with van der Waals surface area (Å²) in [5, 5.41) is 9.31. The van der Waals surface area contributed by atoms with E-state index in [-0.39, 0.29) is 12.3 Å². The van der Waals surface area contributed by atoms with Crippen molar-refractivity contribution in [2.24, 2.45) is 0 Å². The Balaban J connectivity index is 1.94. The molecular weight excluding hydrogens is 274 g/mol. The van der Waals surface area contributed by atoms with Crippen molar-refractivity contribution in [3.63, 3.8) is 0 Å². The molecule has 0 aliphatic rings. The molecule has 0 saturated carbocycles. The quantitative estimate of drug-likeness (QED) is 0.799. The number of benzene rings is 2. The van der Waals surface area contributed by atoms with Crippen LogP contribution in [0.25, 0.3) is 11.4 Å². The molecule has 0 bridgehead atoms. The highest BCUT2D eigenvalue weighted by atomic mass is 19.1. The van der Waals surface area contributed by atoms with Crippen LogP contribution in [0.1, 0.15) is 5.56 Å². The average Bonchev–Trinajstić information content (AvgIpc) is 2.91. The summed E-state index contributed by atoms with van der Waals surface area (Å²) in [4.78, 5) is 4.24. The first kappa shape index (κ1) is 13.3. The highest BCUT2D eigenvalue weighted by molar-refractivity contribution is 5.56. The van der Waals surface area contributed by atoms with Gasteiger partial charge >= 0.3 is 0 Å². The topological polar surface area (TPSA) is 38.1 Å². The predicted molar refractivity (Wildman–Crippen MR) is 74.8 cm³/mol. The van der Waals surface area contributed by atoms with Gasteiger partial charge in [-0.2, -0.15) is 0 Å². The number of phenolic OH excluding ortho intramolecular Hbond substituents is 1. The van der Waals surface area contributed by atoms with E-state index in [2.05, 4.69) is 4.98 Å². The van der Waals surface area contributed by atoms with Gasteiger partial charge in [0.25, 0.3) is 0 Å². The first-order valence-corrected chi connectivity index (χ1v) is 6.38. The van der Waals surface area contributed by atoms with Gasteiger partial charge in [0.05, 0.1) is 6.54 Å². The molecule has 0 amide bonds. The maximum Gasteiger partial charge on any atom is 0.140 e. The SMILES string of the molecule is Oc1ccc(-c2nccn2Cc2ccc(F)cc2F)cc1. The highest BCUT2D eigenvalue weighted by Crippen LogP contribution is 2.22. The molecule has 3 aromatic rings. The van der Waals surface area contributed by atoms with E-state index < -0.39 is 11.6 Å². The van der Waals surface area contributed by atoms with Crippen LogP contribution in [0, 0.1) is 11.6 Å². The van der Waals surface area contributed by atoms with Crippen LogP contribution in [0.2, 0.25) is 0 Å². The number of aromatic nitrogens is 2. The Morgan fingerprint density at radius 1 is 1.05 bits per heavy atom. The summed E-state index contributed by atoms with van der Waals surface area (Å²) in [7, 11) is 0. The van der Waals surface area contributed by atoms with Crippen LogP contribution in [0.3, 0.4) is 0 Å². The summed E-state index contributed by atoms with van der Waals surface area (Å²) in [6.45, 7) is 0.252. The first-order chi connectivity index (χ1) is 10.1. The van der Waals surface area contributed by atoms with Crippen molar-refractivity contribution in [2.75, 3.05) is 0 Å². The number of halogens is 2. The Bertz CT molecular complexity index is 766. The van der Waals surface area contributed by atoms with Crippen molar-refractivity contribution in [1.82, 2.24) is 9.55 Å². The minimum atomic E-state index is -0.597. The molecule has 0 unspecified atom stereocenters. The van der Waals surface area contributed by atoms with Gasteiger partial charge in [0.1, 0.15) is 23.2 Å². The average molecular weight is 286 g/mol. The molecule has 0 aliphatic heterocycles. The van der Waals surface area contributed by atoms with E-state index in [0.29, 0.717) is 11.4 Å². The summed E-state index contributed by atoms with van der Waals surface area (Å²) in [6, 6.07) is 10.1. The fourth-order valence-corrected chi connectivity index (χ4v) is 2.14. The molecule has 2 aromatic carbocycles. The summed E-state index contributed by atoms with van der Waals surface area (Å²) in [5.74, 6) is -0.360. The first-order valence-electron chi connectivity index (χ1n) is 6.38. The van der Waals surface area contributed by atoms with E-state index in [1.54, 1.807) is 41.2 Å². The third-order valence-corrected chi connectivity index (χ3v) is 3.20. The van der Waals surface area contributed by atoms with Crippen molar-refractivity contribution in [3.05, 3.63) is 72.1 Å². The molecule has 21 heavy (non-hydrogen) atoms. The van der Waals surface area contributed by atoms with Gasteiger partial charge in [0.2, 0.25) is 0 Å². The molecule has 1 N–H and O–H groups in total. The lowest BCUT2D eigenvalue weighted by Gasteiger charge is -2.09. The lowest BCUT2D eigenvalue weighted by Crippen LogP contribution is -2.03. The lowest BCUT2D eigenvalue weighted by atomic mass is 10.2. The van der Waals surface area contributed by atoms with Gasteiger partial charge < -0.3 is 9.67 Å². The number of aromatic hydroxyl groups is 1. The number of hydrogen-bond donors (Lipinski definition) is 1. The second-order valence-corrected chi connectivity index (χ2v) is 4.66. The molecule has 106 valence electrons. The molecule has 0 fully saturated rings. The smallest absolute Gasteiger partial charge is 0.140 e. The maximum absolute atomic E-state index is 13.7. The van der Waals surface area contributed by atoms with Crippen molar-refractivity contribution in [3.8, 4) is 17.1 Å². The second-order valence-electron chi connectivity index (χ2n) is 4.66. The van der Waals surface area contributed by atoms with Crippen LogP contribution < -0.4 is 0 Å². The zero-order valence-electron chi connectivity index (χ0n) is 11.0. The third kappa shape index (κ3) is 2.76. The zero-order chi connectivity index (χ0) is 14.8. The molecule has 0 spiro atoms.